The van der Waals surface area contributed by atoms with Gasteiger partial charge in [0.25, 0.3) is 0 Å². The van der Waals surface area contributed by atoms with Gasteiger partial charge in [-0.25, -0.2) is 0 Å². The molecule has 1 aliphatic heterocycles. The van der Waals surface area contributed by atoms with Gasteiger partial charge in [0.15, 0.2) is 0 Å². The van der Waals surface area contributed by atoms with Gasteiger partial charge in [0.2, 0.25) is 0 Å². The molecule has 1 aromatic heterocycles. The summed E-state index contributed by atoms with van der Waals surface area (Å²) in [5.41, 5.74) is 2.54. The van der Waals surface area contributed by atoms with Crippen LogP contribution in [0.4, 0.5) is 5.69 Å². The van der Waals surface area contributed by atoms with Gasteiger partial charge in [0.1, 0.15) is 5.78 Å². The molecule has 10 heteroatoms. The second-order valence-corrected chi connectivity index (χ2v) is 11.7. The molecular weight excluding hydrogens is 438 g/mol. The van der Waals surface area contributed by atoms with Crippen molar-refractivity contribution >= 4 is 31.8 Å². The molecular formula is C21H32N2O6P2. The summed E-state index contributed by atoms with van der Waals surface area (Å²) in [6.45, 7) is 10.0. The predicted molar refractivity (Wildman–Crippen MR) is 123 cm³/mol. The molecule has 1 aromatic carbocycles. The maximum atomic E-state index is 13.9. The number of aryl methyl sites for hydroxylation is 1. The Bertz CT molecular complexity index is 995. The van der Waals surface area contributed by atoms with E-state index in [4.69, 9.17) is 18.1 Å². The van der Waals surface area contributed by atoms with E-state index in [9.17, 15) is 9.13 Å². The van der Waals surface area contributed by atoms with E-state index in [1.165, 1.54) is 0 Å². The van der Waals surface area contributed by atoms with Crippen molar-refractivity contribution in [2.75, 3.05) is 31.7 Å². The Morgan fingerprint density at radius 2 is 1.58 bits per heavy atom. The summed E-state index contributed by atoms with van der Waals surface area (Å²) >= 11 is 0. The van der Waals surface area contributed by atoms with Crippen molar-refractivity contribution in [1.29, 1.82) is 0 Å². The van der Waals surface area contributed by atoms with Crippen molar-refractivity contribution in [2.24, 2.45) is 0 Å². The monoisotopic (exact) mass is 470 g/mol. The first kappa shape index (κ1) is 24.4. The molecule has 0 amide bonds. The molecule has 0 radical (unpaired) electrons. The first-order chi connectivity index (χ1) is 14.8. The number of nitrogens with one attached hydrogen (secondary N) is 1. The molecule has 172 valence electrons. The summed E-state index contributed by atoms with van der Waals surface area (Å²) in [7, 11) is -7.13. The molecule has 0 aliphatic carbocycles. The van der Waals surface area contributed by atoms with Crippen LogP contribution in [0.5, 0.6) is 0 Å². The maximum absolute atomic E-state index is 13.9. The number of rotatable bonds is 10. The molecule has 2 aromatic rings. The summed E-state index contributed by atoms with van der Waals surface area (Å²) in [5, 5.41) is 4.31. The van der Waals surface area contributed by atoms with Crippen molar-refractivity contribution in [3.05, 3.63) is 35.5 Å². The molecule has 31 heavy (non-hydrogen) atoms. The summed E-state index contributed by atoms with van der Waals surface area (Å²) in [6.07, 6.45) is 1.93. The van der Waals surface area contributed by atoms with Crippen molar-refractivity contribution in [3.63, 3.8) is 0 Å². The fourth-order valence-electron chi connectivity index (χ4n) is 4.08. The quantitative estimate of drug-likeness (QED) is 0.407. The fourth-order valence-corrected chi connectivity index (χ4v) is 8.33. The molecule has 8 nitrogen and oxygen atoms in total. The lowest BCUT2D eigenvalue weighted by atomic mass is 9.96. The average molecular weight is 470 g/mol. The number of anilines is 1. The normalized spacial score (nSPS) is 19.3. The van der Waals surface area contributed by atoms with Crippen molar-refractivity contribution in [2.45, 2.75) is 52.5 Å². The smallest absolute Gasteiger partial charge is 0.352 e. The molecule has 0 bridgehead atoms. The van der Waals surface area contributed by atoms with Gasteiger partial charge in [-0.05, 0) is 58.2 Å². The third kappa shape index (κ3) is 4.75. The SMILES string of the molecule is CCOP(=O)(OCC)C1CC(P(=O)(OCC)OCC)c2cc(C)c3cccnc3c2N1. The van der Waals surface area contributed by atoms with E-state index in [1.54, 1.807) is 33.9 Å². The minimum absolute atomic E-state index is 0.222. The maximum Gasteiger partial charge on any atom is 0.352 e. The van der Waals surface area contributed by atoms with Crippen molar-refractivity contribution in [1.82, 2.24) is 4.98 Å². The fraction of sp³-hybridized carbons (Fsp3) is 0.571. The van der Waals surface area contributed by atoms with Crippen LogP contribution in [0.1, 0.15) is 50.9 Å². The Labute approximate surface area is 184 Å². The third-order valence-corrected chi connectivity index (χ3v) is 10.1. The number of fused-ring (bicyclic) bond motifs is 3. The largest absolute Gasteiger partial charge is 0.369 e. The summed E-state index contributed by atoms with van der Waals surface area (Å²) in [4.78, 5) is 4.57. The van der Waals surface area contributed by atoms with E-state index in [0.29, 0.717) is 11.2 Å². The minimum Gasteiger partial charge on any atom is -0.369 e. The zero-order chi connectivity index (χ0) is 22.6. The number of aromatic nitrogens is 1. The van der Waals surface area contributed by atoms with Crippen LogP contribution in [0.2, 0.25) is 0 Å². The zero-order valence-corrected chi connectivity index (χ0v) is 20.6. The lowest BCUT2D eigenvalue weighted by Gasteiger charge is -2.38. The zero-order valence-electron chi connectivity index (χ0n) is 18.8. The molecule has 3 rings (SSSR count). The topological polar surface area (TPSA) is 96.0 Å². The number of hydrogen-bond donors (Lipinski definition) is 1. The van der Waals surface area contributed by atoms with E-state index < -0.39 is 26.6 Å². The molecule has 0 fully saturated rings. The van der Waals surface area contributed by atoms with Gasteiger partial charge in [-0.15, -0.1) is 0 Å². The highest BCUT2D eigenvalue weighted by molar-refractivity contribution is 7.55. The number of nitrogens with zero attached hydrogens (tertiary/aromatic N) is 1. The van der Waals surface area contributed by atoms with Crippen molar-refractivity contribution < 1.29 is 27.2 Å². The Morgan fingerprint density at radius 3 is 2.16 bits per heavy atom. The number of hydrogen-bond acceptors (Lipinski definition) is 8. The predicted octanol–water partition coefficient (Wildman–Crippen LogP) is 6.26. The number of benzene rings is 1. The molecule has 0 saturated carbocycles. The second-order valence-electron chi connectivity index (χ2n) is 7.22. The van der Waals surface area contributed by atoms with Crippen LogP contribution in [0.15, 0.2) is 24.4 Å². The first-order valence-corrected chi connectivity index (χ1v) is 14.0. The standard InChI is InChI=1S/C21H32N2O6P2/c1-6-26-30(24,27-7-2)18-14-19(31(25,28-8-3)29-9-4)23-21-17(18)13-15(5)16-11-10-12-22-20(16)21/h10-13,18-19,23H,6-9,14H2,1-5H3. The van der Waals surface area contributed by atoms with Gasteiger partial charge in [-0.2, -0.15) is 0 Å². The lowest BCUT2D eigenvalue weighted by molar-refractivity contribution is 0.203. The van der Waals surface area contributed by atoms with Crippen LogP contribution < -0.4 is 5.32 Å². The van der Waals surface area contributed by atoms with Gasteiger partial charge >= 0.3 is 15.2 Å². The molecule has 1 aliphatic rings. The molecule has 0 saturated heterocycles. The molecule has 0 spiro atoms. The van der Waals surface area contributed by atoms with Gasteiger partial charge < -0.3 is 23.4 Å². The van der Waals surface area contributed by atoms with Crippen molar-refractivity contribution in [3.8, 4) is 0 Å². The lowest BCUT2D eigenvalue weighted by Crippen LogP contribution is -2.31. The summed E-state index contributed by atoms with van der Waals surface area (Å²) in [5.74, 6) is -0.716. The highest BCUT2D eigenvalue weighted by Gasteiger charge is 2.49. The van der Waals surface area contributed by atoms with E-state index in [2.05, 4.69) is 10.3 Å². The Kier molecular flexibility index (Phi) is 7.95. The molecule has 2 atom stereocenters. The average Bonchev–Trinajstić information content (AvgIpc) is 2.74. The van der Waals surface area contributed by atoms with Crippen LogP contribution in [-0.2, 0) is 27.2 Å². The van der Waals surface area contributed by atoms with E-state index >= 15 is 0 Å². The minimum atomic E-state index is -3.57. The highest BCUT2D eigenvalue weighted by Crippen LogP contribution is 2.69. The van der Waals surface area contributed by atoms with E-state index in [0.717, 1.165) is 16.5 Å². The van der Waals surface area contributed by atoms with Gasteiger partial charge in [-0.3, -0.25) is 14.1 Å². The van der Waals surface area contributed by atoms with E-state index in [1.807, 2.05) is 25.1 Å². The van der Waals surface area contributed by atoms with Crippen LogP contribution in [0, 0.1) is 6.92 Å². The van der Waals surface area contributed by atoms with Crippen LogP contribution >= 0.6 is 15.2 Å². The summed E-state index contributed by atoms with van der Waals surface area (Å²) < 4.78 is 50.2. The molecule has 1 N–H and O–H groups in total. The second kappa shape index (κ2) is 10.1. The van der Waals surface area contributed by atoms with Gasteiger partial charge in [0, 0.05) is 11.6 Å². The van der Waals surface area contributed by atoms with Crippen LogP contribution in [0.25, 0.3) is 10.9 Å². The van der Waals surface area contributed by atoms with Crippen LogP contribution in [0.3, 0.4) is 0 Å². The summed E-state index contributed by atoms with van der Waals surface area (Å²) in [6, 6.07) is 5.84. The van der Waals surface area contributed by atoms with Gasteiger partial charge in [-0.1, -0.05) is 12.1 Å². The third-order valence-electron chi connectivity index (χ3n) is 5.25. The highest BCUT2D eigenvalue weighted by atomic mass is 31.2. The Hall–Kier alpha value is -1.27. The Balaban J connectivity index is 2.24. The number of pyridine rings is 1. The Morgan fingerprint density at radius 1 is 1.00 bits per heavy atom. The van der Waals surface area contributed by atoms with E-state index in [-0.39, 0.29) is 32.8 Å². The van der Waals surface area contributed by atoms with Gasteiger partial charge in [0.05, 0.1) is 43.3 Å². The first-order valence-electron chi connectivity index (χ1n) is 10.8. The van der Waals surface area contributed by atoms with Crippen LogP contribution in [-0.4, -0.2) is 37.2 Å². The molecule has 2 unspecified atom stereocenters. The molecule has 2 heterocycles.